The number of hydrogen-bond donors (Lipinski definition) is 1. The number of rotatable bonds is 4. The van der Waals surface area contributed by atoms with Crippen LogP contribution in [0.3, 0.4) is 0 Å². The maximum atomic E-state index is 12.2. The van der Waals surface area contributed by atoms with Crippen LogP contribution in [-0.2, 0) is 15.1 Å². The van der Waals surface area contributed by atoms with Gasteiger partial charge in [-0.05, 0) is 31.9 Å². The Morgan fingerprint density at radius 3 is 2.83 bits per heavy atom. The lowest BCUT2D eigenvalue weighted by Gasteiger charge is -2.19. The molecule has 0 bridgehead atoms. The highest BCUT2D eigenvalue weighted by atomic mass is 16.5. The number of benzene rings is 1. The van der Waals surface area contributed by atoms with Crippen LogP contribution >= 0.6 is 0 Å². The normalized spacial score (nSPS) is 22.4. The van der Waals surface area contributed by atoms with Gasteiger partial charge in [-0.2, -0.15) is 0 Å². The fraction of sp³-hybridized carbons (Fsp3) is 0.500. The van der Waals surface area contributed by atoms with E-state index in [-0.39, 0.29) is 5.91 Å². The molecule has 18 heavy (non-hydrogen) atoms. The zero-order chi connectivity index (χ0) is 13.3. The molecule has 1 unspecified atom stereocenters. The molecule has 1 atom stereocenters. The largest absolute Gasteiger partial charge is 0.385 e. The second kappa shape index (κ2) is 4.71. The topological polar surface area (TPSA) is 49.8 Å². The number of ether oxygens (including phenoxy) is 1. The molecule has 1 aromatic rings. The molecule has 98 valence electrons. The molecule has 1 aromatic carbocycles. The third kappa shape index (κ3) is 2.02. The monoisotopic (exact) mass is 249 g/mol. The van der Waals surface area contributed by atoms with E-state index in [1.54, 1.807) is 18.9 Å². The summed E-state index contributed by atoms with van der Waals surface area (Å²) in [6.07, 6.45) is 0.756. The molecule has 0 spiro atoms. The zero-order valence-corrected chi connectivity index (χ0v) is 11.1. The van der Waals surface area contributed by atoms with E-state index in [4.69, 9.17) is 4.74 Å². The quantitative estimate of drug-likeness (QED) is 0.824. The van der Waals surface area contributed by atoms with Gasteiger partial charge in [-0.25, -0.2) is 0 Å². The number of methoxy groups -OCH3 is 1. The van der Waals surface area contributed by atoms with Crippen molar-refractivity contribution in [3.05, 3.63) is 29.3 Å². The number of amides is 1. The van der Waals surface area contributed by atoms with E-state index in [0.717, 1.165) is 17.7 Å². The summed E-state index contributed by atoms with van der Waals surface area (Å²) in [4.78, 5) is 13.9. The summed E-state index contributed by atoms with van der Waals surface area (Å²) < 4.78 is 5.00. The van der Waals surface area contributed by atoms with Crippen molar-refractivity contribution in [1.29, 1.82) is 0 Å². The van der Waals surface area contributed by atoms with Gasteiger partial charge in [-0.1, -0.05) is 12.1 Å². The smallest absolute Gasteiger partial charge is 0.263 e. The van der Waals surface area contributed by atoms with E-state index in [2.05, 4.69) is 0 Å². The van der Waals surface area contributed by atoms with Crippen molar-refractivity contribution in [2.75, 3.05) is 25.2 Å². The minimum Gasteiger partial charge on any atom is -0.385 e. The Kier molecular flexibility index (Phi) is 3.41. The molecule has 0 saturated carbocycles. The van der Waals surface area contributed by atoms with Crippen molar-refractivity contribution in [2.45, 2.75) is 25.9 Å². The van der Waals surface area contributed by atoms with Crippen LogP contribution < -0.4 is 4.90 Å². The molecule has 1 N–H and O–H groups in total. The lowest BCUT2D eigenvalue weighted by atomic mass is 9.97. The van der Waals surface area contributed by atoms with E-state index < -0.39 is 5.60 Å². The van der Waals surface area contributed by atoms with Gasteiger partial charge in [0.2, 0.25) is 0 Å². The van der Waals surface area contributed by atoms with Gasteiger partial charge in [-0.15, -0.1) is 0 Å². The van der Waals surface area contributed by atoms with Crippen molar-refractivity contribution >= 4 is 11.6 Å². The second-order valence-electron chi connectivity index (χ2n) is 4.90. The molecule has 0 aliphatic carbocycles. The molecule has 4 heteroatoms. The molecule has 1 aliphatic rings. The molecular formula is C14H19NO3. The van der Waals surface area contributed by atoms with Crippen LogP contribution in [0.15, 0.2) is 18.2 Å². The Morgan fingerprint density at radius 2 is 2.17 bits per heavy atom. The molecule has 1 heterocycles. The molecule has 1 aliphatic heterocycles. The molecule has 0 aromatic heterocycles. The molecule has 0 radical (unpaired) electrons. The maximum absolute atomic E-state index is 12.2. The number of aryl methyl sites for hydroxylation is 1. The Labute approximate surface area is 107 Å². The van der Waals surface area contributed by atoms with Crippen molar-refractivity contribution in [3.8, 4) is 0 Å². The van der Waals surface area contributed by atoms with Crippen LogP contribution in [0, 0.1) is 6.92 Å². The van der Waals surface area contributed by atoms with Crippen LogP contribution in [0.1, 0.15) is 24.5 Å². The van der Waals surface area contributed by atoms with Crippen LogP contribution in [0.4, 0.5) is 5.69 Å². The summed E-state index contributed by atoms with van der Waals surface area (Å²) in [7, 11) is 1.64. The van der Waals surface area contributed by atoms with Crippen LogP contribution in [0.2, 0.25) is 0 Å². The molecule has 0 saturated heterocycles. The standard InChI is InChI=1S/C14H19NO3/c1-10-5-6-11-12(9-10)15(7-4-8-18-3)13(16)14(11,2)17/h5-6,9,17H,4,7-8H2,1-3H3. The lowest BCUT2D eigenvalue weighted by molar-refractivity contribution is -0.134. The molecular weight excluding hydrogens is 230 g/mol. The van der Waals surface area contributed by atoms with Crippen molar-refractivity contribution in [2.24, 2.45) is 0 Å². The van der Waals surface area contributed by atoms with Crippen molar-refractivity contribution in [1.82, 2.24) is 0 Å². The highest BCUT2D eigenvalue weighted by Crippen LogP contribution is 2.40. The third-order valence-electron chi connectivity index (χ3n) is 3.36. The lowest BCUT2D eigenvalue weighted by Crippen LogP contribution is -2.38. The molecule has 4 nitrogen and oxygen atoms in total. The van der Waals surface area contributed by atoms with Gasteiger partial charge in [0.1, 0.15) is 0 Å². The van der Waals surface area contributed by atoms with Gasteiger partial charge in [0.15, 0.2) is 5.60 Å². The first-order valence-corrected chi connectivity index (χ1v) is 6.13. The van der Waals surface area contributed by atoms with E-state index in [0.29, 0.717) is 18.7 Å². The minimum atomic E-state index is -1.41. The second-order valence-corrected chi connectivity index (χ2v) is 4.90. The number of carbonyl (C=O) groups is 1. The molecule has 1 amide bonds. The fourth-order valence-corrected chi connectivity index (χ4v) is 2.35. The summed E-state index contributed by atoms with van der Waals surface area (Å²) in [5.74, 6) is -0.251. The van der Waals surface area contributed by atoms with E-state index in [1.165, 1.54) is 0 Å². The summed E-state index contributed by atoms with van der Waals surface area (Å²) >= 11 is 0. The molecule has 0 fully saturated rings. The number of carbonyl (C=O) groups excluding carboxylic acids is 1. The van der Waals surface area contributed by atoms with Crippen LogP contribution in [0.5, 0.6) is 0 Å². The van der Waals surface area contributed by atoms with Crippen LogP contribution in [0.25, 0.3) is 0 Å². The maximum Gasteiger partial charge on any atom is 0.263 e. The van der Waals surface area contributed by atoms with Crippen LogP contribution in [-0.4, -0.2) is 31.3 Å². The van der Waals surface area contributed by atoms with Crippen molar-refractivity contribution in [3.63, 3.8) is 0 Å². The number of anilines is 1. The Morgan fingerprint density at radius 1 is 1.44 bits per heavy atom. The number of aliphatic hydroxyl groups is 1. The Bertz CT molecular complexity index is 468. The average Bonchev–Trinajstić information content (AvgIpc) is 2.50. The Hall–Kier alpha value is -1.39. The zero-order valence-electron chi connectivity index (χ0n) is 11.1. The number of hydrogen-bond acceptors (Lipinski definition) is 3. The summed E-state index contributed by atoms with van der Waals surface area (Å²) in [6.45, 7) is 4.71. The third-order valence-corrected chi connectivity index (χ3v) is 3.36. The summed E-state index contributed by atoms with van der Waals surface area (Å²) in [5, 5.41) is 10.3. The summed E-state index contributed by atoms with van der Waals surface area (Å²) in [5.41, 5.74) is 1.18. The summed E-state index contributed by atoms with van der Waals surface area (Å²) in [6, 6.07) is 5.69. The van der Waals surface area contributed by atoms with Crippen molar-refractivity contribution < 1.29 is 14.6 Å². The van der Waals surface area contributed by atoms with Gasteiger partial charge < -0.3 is 14.7 Å². The van der Waals surface area contributed by atoms with E-state index >= 15 is 0 Å². The molecule has 2 rings (SSSR count). The Balaban J connectivity index is 2.33. The van der Waals surface area contributed by atoms with Gasteiger partial charge in [-0.3, -0.25) is 4.79 Å². The average molecular weight is 249 g/mol. The highest BCUT2D eigenvalue weighted by molar-refractivity contribution is 6.06. The van der Waals surface area contributed by atoms with E-state index in [9.17, 15) is 9.90 Å². The fourth-order valence-electron chi connectivity index (χ4n) is 2.35. The SMILES string of the molecule is COCCCN1C(=O)C(C)(O)c2ccc(C)cc21. The van der Waals surface area contributed by atoms with E-state index in [1.807, 2.05) is 25.1 Å². The minimum absolute atomic E-state index is 0.251. The first kappa shape index (κ1) is 13.1. The van der Waals surface area contributed by atoms with Gasteiger partial charge >= 0.3 is 0 Å². The number of nitrogens with zero attached hydrogens (tertiary/aromatic N) is 1. The number of fused-ring (bicyclic) bond motifs is 1. The first-order chi connectivity index (χ1) is 8.48. The van der Waals surface area contributed by atoms with Gasteiger partial charge in [0, 0.05) is 25.8 Å². The highest BCUT2D eigenvalue weighted by Gasteiger charge is 2.45. The van der Waals surface area contributed by atoms with Gasteiger partial charge in [0.25, 0.3) is 5.91 Å². The van der Waals surface area contributed by atoms with Gasteiger partial charge in [0.05, 0.1) is 5.69 Å². The predicted molar refractivity (Wildman–Crippen MR) is 69.6 cm³/mol. The first-order valence-electron chi connectivity index (χ1n) is 6.13. The predicted octanol–water partition coefficient (Wildman–Crippen LogP) is 1.59.